The Balaban J connectivity index is 1.58. The monoisotopic (exact) mass is 337 g/mol. The molecule has 7 heteroatoms. The third kappa shape index (κ3) is 4.67. The summed E-state index contributed by atoms with van der Waals surface area (Å²) in [5.41, 5.74) is 0.877. The number of para-hydroxylation sites is 1. The molecular weight excluding hydrogens is 318 g/mol. The fourth-order valence-corrected chi connectivity index (χ4v) is 2.63. The number of nitriles is 1. The fourth-order valence-electron chi connectivity index (χ4n) is 2.63. The van der Waals surface area contributed by atoms with Gasteiger partial charge in [-0.2, -0.15) is 5.26 Å². The summed E-state index contributed by atoms with van der Waals surface area (Å²) in [6.45, 7) is 3.30. The minimum atomic E-state index is 0.0746. The van der Waals surface area contributed by atoms with Gasteiger partial charge in [0.1, 0.15) is 18.2 Å². The molecule has 1 aromatic heterocycles. The van der Waals surface area contributed by atoms with E-state index in [1.807, 2.05) is 54.4 Å². The molecule has 1 aliphatic heterocycles. The number of aromatic nitrogens is 2. The number of amidine groups is 1. The van der Waals surface area contributed by atoms with Crippen LogP contribution in [0.3, 0.4) is 0 Å². The van der Waals surface area contributed by atoms with Crippen LogP contribution >= 0.6 is 0 Å². The summed E-state index contributed by atoms with van der Waals surface area (Å²) in [6, 6.07) is 11.5. The summed E-state index contributed by atoms with van der Waals surface area (Å²) < 4.78 is 11.7. The third-order valence-electron chi connectivity index (χ3n) is 3.88. The van der Waals surface area contributed by atoms with Gasteiger partial charge in [-0.25, -0.2) is 9.97 Å². The van der Waals surface area contributed by atoms with Gasteiger partial charge in [0.05, 0.1) is 0 Å². The number of piperidine rings is 1. The van der Waals surface area contributed by atoms with E-state index in [9.17, 15) is 0 Å². The number of nitrogens with zero attached hydrogens (tertiary/aromatic N) is 5. The number of hydrogen-bond acceptors (Lipinski definition) is 6. The van der Waals surface area contributed by atoms with Crippen molar-refractivity contribution in [3.63, 3.8) is 0 Å². The lowest BCUT2D eigenvalue weighted by Gasteiger charge is -2.32. The van der Waals surface area contributed by atoms with Gasteiger partial charge in [0, 0.05) is 37.7 Å². The lowest BCUT2D eigenvalue weighted by molar-refractivity contribution is 0.119. The summed E-state index contributed by atoms with van der Waals surface area (Å²) >= 11 is 0. The van der Waals surface area contributed by atoms with Gasteiger partial charge < -0.3 is 14.4 Å². The summed E-state index contributed by atoms with van der Waals surface area (Å²) in [7, 11) is 0. The molecule has 0 N–H and O–H groups in total. The number of hydrogen-bond donors (Lipinski definition) is 0. The number of likely N-dealkylation sites (tertiary alicyclic amines) is 1. The van der Waals surface area contributed by atoms with E-state index in [0.717, 1.165) is 18.5 Å². The average molecular weight is 337 g/mol. The number of ether oxygens (including phenoxy) is 2. The van der Waals surface area contributed by atoms with Crippen LogP contribution in [0.4, 0.5) is 0 Å². The second-order valence-electron chi connectivity index (χ2n) is 5.71. The molecule has 1 saturated heterocycles. The molecule has 128 valence electrons. The molecule has 0 bridgehead atoms. The van der Waals surface area contributed by atoms with Gasteiger partial charge in [0.2, 0.25) is 12.1 Å². The molecule has 0 saturated carbocycles. The van der Waals surface area contributed by atoms with E-state index in [1.54, 1.807) is 0 Å². The second kappa shape index (κ2) is 8.11. The molecule has 0 atom stereocenters. The van der Waals surface area contributed by atoms with E-state index in [4.69, 9.17) is 14.7 Å². The van der Waals surface area contributed by atoms with Crippen molar-refractivity contribution in [2.75, 3.05) is 13.1 Å². The van der Waals surface area contributed by atoms with Crippen molar-refractivity contribution in [1.29, 1.82) is 5.26 Å². The molecule has 0 unspecified atom stereocenters. The van der Waals surface area contributed by atoms with Crippen LogP contribution in [0.25, 0.3) is 0 Å². The Hall–Kier alpha value is -3.14. The van der Waals surface area contributed by atoms with Gasteiger partial charge in [-0.3, -0.25) is 0 Å². The van der Waals surface area contributed by atoms with Crippen molar-refractivity contribution < 1.29 is 9.47 Å². The van der Waals surface area contributed by atoms with E-state index < -0.39 is 0 Å². The van der Waals surface area contributed by atoms with Crippen molar-refractivity contribution in [3.05, 3.63) is 48.4 Å². The Bertz CT molecular complexity index is 765. The summed E-state index contributed by atoms with van der Waals surface area (Å²) in [4.78, 5) is 14.0. The minimum absolute atomic E-state index is 0.0746. The van der Waals surface area contributed by atoms with Crippen molar-refractivity contribution in [2.45, 2.75) is 25.9 Å². The first-order valence-corrected chi connectivity index (χ1v) is 8.14. The maximum Gasteiger partial charge on any atom is 0.308 e. The van der Waals surface area contributed by atoms with Crippen LogP contribution in [-0.4, -0.2) is 40.1 Å². The predicted octanol–water partition coefficient (Wildman–Crippen LogP) is 2.54. The van der Waals surface area contributed by atoms with Gasteiger partial charge in [0.15, 0.2) is 0 Å². The number of aryl methyl sites for hydroxylation is 1. The summed E-state index contributed by atoms with van der Waals surface area (Å²) in [6.07, 6.45) is 4.99. The van der Waals surface area contributed by atoms with Gasteiger partial charge >= 0.3 is 6.02 Å². The van der Waals surface area contributed by atoms with Gasteiger partial charge in [-0.15, -0.1) is 4.99 Å². The molecule has 2 heterocycles. The van der Waals surface area contributed by atoms with E-state index in [1.165, 1.54) is 6.33 Å². The molecule has 0 aliphatic carbocycles. The second-order valence-corrected chi connectivity index (χ2v) is 5.71. The van der Waals surface area contributed by atoms with E-state index in [0.29, 0.717) is 30.7 Å². The summed E-state index contributed by atoms with van der Waals surface area (Å²) in [5, 5.41) is 8.94. The van der Waals surface area contributed by atoms with Gasteiger partial charge in [-0.05, 0) is 19.1 Å². The number of rotatable bonds is 3. The molecule has 0 spiro atoms. The highest BCUT2D eigenvalue weighted by Gasteiger charge is 2.24. The molecule has 1 aromatic carbocycles. The van der Waals surface area contributed by atoms with Crippen molar-refractivity contribution >= 4 is 6.02 Å². The fraction of sp³-hybridized carbons (Fsp3) is 0.333. The largest absolute Gasteiger partial charge is 0.474 e. The van der Waals surface area contributed by atoms with E-state index >= 15 is 0 Å². The normalized spacial score (nSPS) is 15.5. The molecule has 0 radical (unpaired) electrons. The first-order chi connectivity index (χ1) is 12.2. The maximum absolute atomic E-state index is 8.94. The average Bonchev–Trinajstić information content (AvgIpc) is 2.63. The first-order valence-electron chi connectivity index (χ1n) is 8.14. The van der Waals surface area contributed by atoms with Crippen molar-refractivity contribution in [2.24, 2.45) is 4.99 Å². The Morgan fingerprint density at radius 3 is 2.68 bits per heavy atom. The zero-order valence-electron chi connectivity index (χ0n) is 14.0. The molecule has 7 nitrogen and oxygen atoms in total. The molecule has 0 amide bonds. The highest BCUT2D eigenvalue weighted by atomic mass is 16.5. The van der Waals surface area contributed by atoms with Crippen LogP contribution in [0.2, 0.25) is 0 Å². The van der Waals surface area contributed by atoms with Gasteiger partial charge in [0.25, 0.3) is 0 Å². The topological polar surface area (TPSA) is 83.6 Å². The Labute approximate surface area is 146 Å². The van der Waals surface area contributed by atoms with E-state index in [2.05, 4.69) is 15.0 Å². The number of aliphatic imine (C=N–C) groups is 1. The first kappa shape index (κ1) is 16.7. The van der Waals surface area contributed by atoms with Crippen LogP contribution in [0, 0.1) is 18.4 Å². The molecule has 3 rings (SSSR count). The number of benzene rings is 1. The maximum atomic E-state index is 8.94. The molecular formula is C18H19N5O2. The third-order valence-corrected chi connectivity index (χ3v) is 3.88. The summed E-state index contributed by atoms with van der Waals surface area (Å²) in [5.74, 6) is 1.25. The van der Waals surface area contributed by atoms with Crippen LogP contribution in [-0.2, 0) is 0 Å². The smallest absolute Gasteiger partial charge is 0.308 e. The van der Waals surface area contributed by atoms with Crippen LogP contribution in [0.1, 0.15) is 18.5 Å². The Morgan fingerprint density at radius 1 is 1.24 bits per heavy atom. The highest BCUT2D eigenvalue weighted by molar-refractivity contribution is 5.77. The zero-order chi connectivity index (χ0) is 17.5. The Kier molecular flexibility index (Phi) is 5.42. The van der Waals surface area contributed by atoms with E-state index in [-0.39, 0.29) is 6.10 Å². The van der Waals surface area contributed by atoms with Gasteiger partial charge in [-0.1, -0.05) is 18.2 Å². The van der Waals surface area contributed by atoms with Crippen LogP contribution < -0.4 is 9.47 Å². The molecule has 2 aromatic rings. The zero-order valence-corrected chi connectivity index (χ0v) is 14.0. The van der Waals surface area contributed by atoms with Crippen molar-refractivity contribution in [1.82, 2.24) is 14.9 Å². The van der Waals surface area contributed by atoms with Crippen molar-refractivity contribution in [3.8, 4) is 17.8 Å². The SMILES string of the molecule is Cc1cc(OC2CCN(C(=NC#N)Oc3ccccc3)CC2)ncn1. The van der Waals surface area contributed by atoms with Crippen LogP contribution in [0.15, 0.2) is 47.7 Å². The quantitative estimate of drug-likeness (QED) is 0.486. The predicted molar refractivity (Wildman–Crippen MR) is 92.1 cm³/mol. The molecule has 25 heavy (non-hydrogen) atoms. The Morgan fingerprint density at radius 2 is 2.00 bits per heavy atom. The lowest BCUT2D eigenvalue weighted by Crippen LogP contribution is -2.44. The standard InChI is InChI=1S/C18H19N5O2/c1-14-11-17(22-13-21-14)24-16-7-9-23(10-8-16)18(20-12-19)25-15-5-3-2-4-6-15/h2-6,11,13,16H,7-10H2,1H3. The molecule has 1 aliphatic rings. The molecule has 1 fully saturated rings. The minimum Gasteiger partial charge on any atom is -0.474 e. The highest BCUT2D eigenvalue weighted by Crippen LogP contribution is 2.19. The van der Waals surface area contributed by atoms with Crippen LogP contribution in [0.5, 0.6) is 11.6 Å². The lowest BCUT2D eigenvalue weighted by atomic mass is 10.1.